The van der Waals surface area contributed by atoms with Crippen molar-refractivity contribution < 1.29 is 0 Å². The fourth-order valence-corrected chi connectivity index (χ4v) is 3.08. The largest absolute Gasteiger partial charge is 0.323 e. The van der Waals surface area contributed by atoms with Crippen LogP contribution < -0.4 is 5.56 Å². The molecule has 0 saturated carbocycles. The number of thiazole rings is 1. The first-order valence-corrected chi connectivity index (χ1v) is 6.46. The van der Waals surface area contributed by atoms with Crippen molar-refractivity contribution in [2.45, 2.75) is 13.5 Å². The number of aryl methyl sites for hydroxylation is 2. The summed E-state index contributed by atoms with van der Waals surface area (Å²) < 4.78 is 4.29. The van der Waals surface area contributed by atoms with Gasteiger partial charge in [0, 0.05) is 19.0 Å². The van der Waals surface area contributed by atoms with Crippen molar-refractivity contribution in [1.29, 1.82) is 0 Å². The Kier molecular flexibility index (Phi) is 2.34. The van der Waals surface area contributed by atoms with Crippen LogP contribution in [0.2, 0.25) is 0 Å². The topological polar surface area (TPSA) is 52.7 Å². The molecule has 3 rings (SSSR count). The standard InChI is InChI=1S/C12H12N4OS/c1-4-8-14-11-10(18-8)7-6-13-16(5-2)12(17)9(7)15(11)3/h4,6H,1,5H2,2-3H3. The van der Waals surface area contributed by atoms with Gasteiger partial charge in [0.05, 0.1) is 10.9 Å². The zero-order chi connectivity index (χ0) is 12.9. The Balaban J connectivity index is 2.53. The minimum absolute atomic E-state index is 0.0668. The highest BCUT2D eigenvalue weighted by Gasteiger charge is 2.16. The molecule has 0 N–H and O–H groups in total. The quantitative estimate of drug-likeness (QED) is 0.708. The lowest BCUT2D eigenvalue weighted by molar-refractivity contribution is 0.620. The van der Waals surface area contributed by atoms with Crippen LogP contribution in [0.5, 0.6) is 0 Å². The molecule has 0 unspecified atom stereocenters. The predicted octanol–water partition coefficient (Wildman–Crippen LogP) is 2.01. The predicted molar refractivity (Wildman–Crippen MR) is 73.9 cm³/mol. The van der Waals surface area contributed by atoms with Crippen molar-refractivity contribution in [2.24, 2.45) is 7.05 Å². The maximum atomic E-state index is 12.2. The number of nitrogens with zero attached hydrogens (tertiary/aromatic N) is 4. The average molecular weight is 260 g/mol. The van der Waals surface area contributed by atoms with E-state index in [2.05, 4.69) is 16.7 Å². The highest BCUT2D eigenvalue weighted by Crippen LogP contribution is 2.30. The summed E-state index contributed by atoms with van der Waals surface area (Å²) in [5.41, 5.74) is 1.41. The van der Waals surface area contributed by atoms with Gasteiger partial charge in [-0.3, -0.25) is 4.79 Å². The molecule has 3 aromatic heterocycles. The number of rotatable bonds is 2. The Bertz CT molecular complexity index is 824. The van der Waals surface area contributed by atoms with Crippen molar-refractivity contribution in [3.63, 3.8) is 0 Å². The first-order valence-electron chi connectivity index (χ1n) is 5.64. The summed E-state index contributed by atoms with van der Waals surface area (Å²) in [4.78, 5) is 16.7. The molecule has 0 bridgehead atoms. The van der Waals surface area contributed by atoms with E-state index in [1.54, 1.807) is 12.3 Å². The van der Waals surface area contributed by atoms with Crippen molar-refractivity contribution in [2.75, 3.05) is 0 Å². The molecule has 6 heteroatoms. The monoisotopic (exact) mass is 260 g/mol. The molecule has 0 aliphatic heterocycles. The van der Waals surface area contributed by atoms with E-state index in [4.69, 9.17) is 0 Å². The first kappa shape index (κ1) is 11.2. The fraction of sp³-hybridized carbons (Fsp3) is 0.250. The van der Waals surface area contributed by atoms with Crippen molar-refractivity contribution in [3.8, 4) is 0 Å². The van der Waals surface area contributed by atoms with Crippen LogP contribution in [-0.4, -0.2) is 19.3 Å². The van der Waals surface area contributed by atoms with E-state index in [0.29, 0.717) is 12.1 Å². The molecule has 3 aromatic rings. The molecule has 0 amide bonds. The smallest absolute Gasteiger partial charge is 0.291 e. The lowest BCUT2D eigenvalue weighted by Gasteiger charge is -2.01. The summed E-state index contributed by atoms with van der Waals surface area (Å²) in [7, 11) is 1.86. The molecule has 18 heavy (non-hydrogen) atoms. The zero-order valence-corrected chi connectivity index (χ0v) is 11.0. The Hall–Kier alpha value is -1.95. The molecule has 92 valence electrons. The SMILES string of the molecule is C=Cc1nc2c(s1)c1cnn(CC)c(=O)c1n2C. The maximum absolute atomic E-state index is 12.2. The molecule has 3 heterocycles. The van der Waals surface area contributed by atoms with Gasteiger partial charge in [0.25, 0.3) is 5.56 Å². The second-order valence-corrected chi connectivity index (χ2v) is 5.03. The van der Waals surface area contributed by atoms with Gasteiger partial charge in [0.1, 0.15) is 10.5 Å². The molecule has 0 aromatic carbocycles. The van der Waals surface area contributed by atoms with Crippen molar-refractivity contribution in [1.82, 2.24) is 19.3 Å². The van der Waals surface area contributed by atoms with E-state index in [1.807, 2.05) is 18.5 Å². The number of hydrogen-bond donors (Lipinski definition) is 0. The van der Waals surface area contributed by atoms with Crippen molar-refractivity contribution in [3.05, 3.63) is 28.1 Å². The first-order chi connectivity index (χ1) is 8.67. The molecule has 0 fully saturated rings. The number of hydrogen-bond acceptors (Lipinski definition) is 4. The van der Waals surface area contributed by atoms with Crippen molar-refractivity contribution >= 4 is 38.7 Å². The molecule has 0 radical (unpaired) electrons. The number of fused-ring (bicyclic) bond motifs is 3. The Morgan fingerprint density at radius 2 is 2.33 bits per heavy atom. The van der Waals surface area contributed by atoms with Gasteiger partial charge in [-0.25, -0.2) is 9.67 Å². The van der Waals surface area contributed by atoms with Gasteiger partial charge in [0.15, 0.2) is 5.65 Å². The summed E-state index contributed by atoms with van der Waals surface area (Å²) in [5.74, 6) is 0. The third kappa shape index (κ3) is 1.29. The summed E-state index contributed by atoms with van der Waals surface area (Å²) in [6.45, 7) is 6.19. The third-order valence-corrected chi connectivity index (χ3v) is 4.09. The zero-order valence-electron chi connectivity index (χ0n) is 10.2. The van der Waals surface area contributed by atoms with Crippen LogP contribution in [0.25, 0.3) is 27.3 Å². The lowest BCUT2D eigenvalue weighted by Crippen LogP contribution is -2.22. The maximum Gasteiger partial charge on any atom is 0.291 e. The second-order valence-electron chi connectivity index (χ2n) is 4.00. The van der Waals surface area contributed by atoms with Crippen LogP contribution in [0.1, 0.15) is 11.9 Å². The average Bonchev–Trinajstić information content (AvgIpc) is 2.90. The highest BCUT2D eigenvalue weighted by molar-refractivity contribution is 7.20. The molecule has 0 aliphatic rings. The van der Waals surface area contributed by atoms with Gasteiger partial charge >= 0.3 is 0 Å². The second kappa shape index (κ2) is 3.78. The van der Waals surface area contributed by atoms with E-state index in [-0.39, 0.29) is 5.56 Å². The summed E-state index contributed by atoms with van der Waals surface area (Å²) in [6.07, 6.45) is 3.46. The molecular formula is C12H12N4OS. The third-order valence-electron chi connectivity index (χ3n) is 3.02. The van der Waals surface area contributed by atoms with Gasteiger partial charge < -0.3 is 4.57 Å². The van der Waals surface area contributed by atoms with E-state index in [0.717, 1.165) is 20.7 Å². The molecule has 0 saturated heterocycles. The van der Waals surface area contributed by atoms with E-state index < -0.39 is 0 Å². The van der Waals surface area contributed by atoms with E-state index in [1.165, 1.54) is 16.0 Å². The lowest BCUT2D eigenvalue weighted by atomic mass is 10.3. The highest BCUT2D eigenvalue weighted by atomic mass is 32.1. The normalized spacial score (nSPS) is 11.4. The van der Waals surface area contributed by atoms with Crippen LogP contribution in [0, 0.1) is 0 Å². The minimum atomic E-state index is -0.0668. The van der Waals surface area contributed by atoms with Crippen LogP contribution in [-0.2, 0) is 13.6 Å². The molecule has 0 spiro atoms. The Morgan fingerprint density at radius 3 is 3.00 bits per heavy atom. The van der Waals surface area contributed by atoms with Crippen LogP contribution in [0.15, 0.2) is 17.6 Å². The van der Waals surface area contributed by atoms with Gasteiger partial charge in [-0.1, -0.05) is 6.58 Å². The fourth-order valence-electron chi connectivity index (χ4n) is 2.12. The summed E-state index contributed by atoms with van der Waals surface area (Å²) in [6, 6.07) is 0. The van der Waals surface area contributed by atoms with Gasteiger partial charge in [-0.2, -0.15) is 5.10 Å². The van der Waals surface area contributed by atoms with Gasteiger partial charge in [0.2, 0.25) is 0 Å². The Morgan fingerprint density at radius 1 is 1.56 bits per heavy atom. The summed E-state index contributed by atoms with van der Waals surface area (Å²) >= 11 is 1.53. The van der Waals surface area contributed by atoms with Gasteiger partial charge in [-0.15, -0.1) is 11.3 Å². The molecular weight excluding hydrogens is 248 g/mol. The van der Waals surface area contributed by atoms with Crippen LogP contribution in [0.3, 0.4) is 0 Å². The van der Waals surface area contributed by atoms with Crippen LogP contribution in [0.4, 0.5) is 0 Å². The molecule has 5 nitrogen and oxygen atoms in total. The van der Waals surface area contributed by atoms with E-state index >= 15 is 0 Å². The Labute approximate surface area is 107 Å². The van der Waals surface area contributed by atoms with E-state index in [9.17, 15) is 4.79 Å². The number of aromatic nitrogens is 4. The summed E-state index contributed by atoms with van der Waals surface area (Å²) in [5, 5.41) is 5.89. The molecule has 0 atom stereocenters. The molecule has 0 aliphatic carbocycles. The van der Waals surface area contributed by atoms with Gasteiger partial charge in [-0.05, 0) is 13.0 Å². The van der Waals surface area contributed by atoms with Crippen LogP contribution >= 0.6 is 11.3 Å². The minimum Gasteiger partial charge on any atom is -0.323 e.